The number of hydrogen-bond acceptors (Lipinski definition) is 2. The fourth-order valence-electron chi connectivity index (χ4n) is 1.64. The Morgan fingerprint density at radius 2 is 1.76 bits per heavy atom. The van der Waals surface area contributed by atoms with Crippen LogP contribution in [0.3, 0.4) is 0 Å². The lowest BCUT2D eigenvalue weighted by Gasteiger charge is -2.13. The minimum atomic E-state index is -0.198. The van der Waals surface area contributed by atoms with Crippen LogP contribution in [0.1, 0.15) is 24.1 Å². The van der Waals surface area contributed by atoms with Crippen LogP contribution in [0.25, 0.3) is 0 Å². The summed E-state index contributed by atoms with van der Waals surface area (Å²) >= 11 is 0. The van der Waals surface area contributed by atoms with E-state index in [0.29, 0.717) is 0 Å². The van der Waals surface area contributed by atoms with Gasteiger partial charge in [-0.15, -0.1) is 0 Å². The van der Waals surface area contributed by atoms with Gasteiger partial charge in [-0.1, -0.05) is 12.1 Å². The van der Waals surface area contributed by atoms with E-state index in [4.69, 9.17) is 0 Å². The third-order valence-corrected chi connectivity index (χ3v) is 2.73. The van der Waals surface area contributed by atoms with Crippen LogP contribution in [-0.4, -0.2) is 4.98 Å². The fourth-order valence-corrected chi connectivity index (χ4v) is 1.64. The van der Waals surface area contributed by atoms with E-state index in [0.717, 1.165) is 12.1 Å². The van der Waals surface area contributed by atoms with E-state index in [2.05, 4.69) is 17.2 Å². The molecule has 0 aliphatic carbocycles. The van der Waals surface area contributed by atoms with Gasteiger partial charge in [0.05, 0.1) is 0 Å². The maximum atomic E-state index is 12.7. The van der Waals surface area contributed by atoms with E-state index < -0.39 is 0 Å². The molecule has 1 unspecified atom stereocenters. The number of benzene rings is 1. The van der Waals surface area contributed by atoms with Crippen molar-refractivity contribution in [1.29, 1.82) is 0 Å². The Balaban J connectivity index is 1.92. The summed E-state index contributed by atoms with van der Waals surface area (Å²) < 4.78 is 12.7. The normalized spacial score (nSPS) is 12.4. The molecular weight excluding hydrogens is 215 g/mol. The van der Waals surface area contributed by atoms with E-state index >= 15 is 0 Å². The second-order valence-electron chi connectivity index (χ2n) is 4.01. The molecular formula is C14H15FN2. The number of aromatic nitrogens is 1. The largest absolute Gasteiger partial charge is 0.306 e. The first-order valence-corrected chi connectivity index (χ1v) is 5.63. The molecule has 1 aromatic carbocycles. The Morgan fingerprint density at radius 1 is 1.12 bits per heavy atom. The van der Waals surface area contributed by atoms with Gasteiger partial charge in [0.15, 0.2) is 0 Å². The predicted molar refractivity (Wildman–Crippen MR) is 65.9 cm³/mol. The Bertz CT molecular complexity index is 453. The highest BCUT2D eigenvalue weighted by Crippen LogP contribution is 2.11. The monoisotopic (exact) mass is 230 g/mol. The van der Waals surface area contributed by atoms with Crippen LogP contribution in [-0.2, 0) is 6.54 Å². The lowest BCUT2D eigenvalue weighted by atomic mass is 10.1. The van der Waals surface area contributed by atoms with Gasteiger partial charge in [-0.05, 0) is 42.3 Å². The number of nitrogens with one attached hydrogen (secondary N) is 1. The standard InChI is InChI=1S/C14H15FN2/c1-11(13-6-8-16-9-7-13)17-10-12-2-4-14(15)5-3-12/h2-9,11,17H,10H2,1H3. The molecule has 0 radical (unpaired) electrons. The third-order valence-electron chi connectivity index (χ3n) is 2.73. The van der Waals surface area contributed by atoms with E-state index in [9.17, 15) is 4.39 Å². The molecule has 0 aliphatic rings. The Hall–Kier alpha value is -1.74. The maximum Gasteiger partial charge on any atom is 0.123 e. The minimum Gasteiger partial charge on any atom is -0.306 e. The van der Waals surface area contributed by atoms with Crippen LogP contribution in [0.15, 0.2) is 48.8 Å². The number of halogens is 1. The topological polar surface area (TPSA) is 24.9 Å². The summed E-state index contributed by atoms with van der Waals surface area (Å²) in [6.45, 7) is 2.82. The molecule has 0 saturated heterocycles. The molecule has 0 spiro atoms. The Kier molecular flexibility index (Phi) is 3.83. The molecule has 0 aliphatic heterocycles. The molecule has 0 saturated carbocycles. The molecule has 0 amide bonds. The Morgan fingerprint density at radius 3 is 2.41 bits per heavy atom. The zero-order valence-corrected chi connectivity index (χ0v) is 9.73. The lowest BCUT2D eigenvalue weighted by molar-refractivity contribution is 0.572. The van der Waals surface area contributed by atoms with Gasteiger partial charge in [-0.2, -0.15) is 0 Å². The molecule has 3 heteroatoms. The van der Waals surface area contributed by atoms with Gasteiger partial charge in [0, 0.05) is 25.0 Å². The van der Waals surface area contributed by atoms with Crippen LogP contribution in [0.5, 0.6) is 0 Å². The minimum absolute atomic E-state index is 0.198. The van der Waals surface area contributed by atoms with Gasteiger partial charge in [-0.3, -0.25) is 4.98 Å². The highest BCUT2D eigenvalue weighted by Gasteiger charge is 2.03. The second-order valence-corrected chi connectivity index (χ2v) is 4.01. The first-order chi connectivity index (χ1) is 8.25. The summed E-state index contributed by atoms with van der Waals surface area (Å²) in [5.41, 5.74) is 2.27. The predicted octanol–water partition coefficient (Wildman–Crippen LogP) is 3.07. The quantitative estimate of drug-likeness (QED) is 0.873. The molecule has 2 rings (SSSR count). The van der Waals surface area contributed by atoms with Crippen LogP contribution in [0.4, 0.5) is 4.39 Å². The summed E-state index contributed by atoms with van der Waals surface area (Å²) in [6, 6.07) is 10.8. The molecule has 1 atom stereocenters. The van der Waals surface area contributed by atoms with Crippen LogP contribution in [0, 0.1) is 5.82 Å². The highest BCUT2D eigenvalue weighted by atomic mass is 19.1. The molecule has 17 heavy (non-hydrogen) atoms. The average molecular weight is 230 g/mol. The van der Waals surface area contributed by atoms with Gasteiger partial charge in [0.2, 0.25) is 0 Å². The van der Waals surface area contributed by atoms with Crippen molar-refractivity contribution in [3.05, 3.63) is 65.7 Å². The molecule has 88 valence electrons. The average Bonchev–Trinajstić information content (AvgIpc) is 2.39. The molecule has 1 aromatic heterocycles. The van der Waals surface area contributed by atoms with Crippen molar-refractivity contribution in [2.45, 2.75) is 19.5 Å². The van der Waals surface area contributed by atoms with Gasteiger partial charge in [-0.25, -0.2) is 4.39 Å². The SMILES string of the molecule is CC(NCc1ccc(F)cc1)c1ccncc1. The van der Waals surface area contributed by atoms with E-state index in [1.165, 1.54) is 17.7 Å². The number of nitrogens with zero attached hydrogens (tertiary/aromatic N) is 1. The second kappa shape index (κ2) is 5.55. The molecule has 0 fully saturated rings. The fraction of sp³-hybridized carbons (Fsp3) is 0.214. The molecule has 2 aromatic rings. The van der Waals surface area contributed by atoms with Crippen molar-refractivity contribution in [3.63, 3.8) is 0 Å². The van der Waals surface area contributed by atoms with E-state index in [1.807, 2.05) is 12.1 Å². The highest BCUT2D eigenvalue weighted by molar-refractivity contribution is 5.17. The number of hydrogen-bond donors (Lipinski definition) is 1. The number of pyridine rings is 1. The third kappa shape index (κ3) is 3.36. The van der Waals surface area contributed by atoms with Crippen molar-refractivity contribution in [1.82, 2.24) is 10.3 Å². The summed E-state index contributed by atoms with van der Waals surface area (Å²) in [5.74, 6) is -0.198. The molecule has 1 N–H and O–H groups in total. The summed E-state index contributed by atoms with van der Waals surface area (Å²) in [4.78, 5) is 3.99. The maximum absolute atomic E-state index is 12.7. The summed E-state index contributed by atoms with van der Waals surface area (Å²) in [7, 11) is 0. The van der Waals surface area contributed by atoms with E-state index in [1.54, 1.807) is 24.5 Å². The van der Waals surface area contributed by atoms with Crippen LogP contribution < -0.4 is 5.32 Å². The van der Waals surface area contributed by atoms with Crippen molar-refractivity contribution >= 4 is 0 Å². The van der Waals surface area contributed by atoms with Crippen molar-refractivity contribution < 1.29 is 4.39 Å². The first-order valence-electron chi connectivity index (χ1n) is 5.63. The smallest absolute Gasteiger partial charge is 0.123 e. The first kappa shape index (κ1) is 11.7. The zero-order chi connectivity index (χ0) is 12.1. The van der Waals surface area contributed by atoms with Crippen LogP contribution >= 0.6 is 0 Å². The van der Waals surface area contributed by atoms with Crippen molar-refractivity contribution in [2.24, 2.45) is 0 Å². The van der Waals surface area contributed by atoms with Gasteiger partial charge < -0.3 is 5.32 Å². The van der Waals surface area contributed by atoms with Gasteiger partial charge >= 0.3 is 0 Å². The molecule has 1 heterocycles. The summed E-state index contributed by atoms with van der Waals surface area (Å²) in [5, 5.41) is 3.38. The van der Waals surface area contributed by atoms with Crippen molar-refractivity contribution in [3.8, 4) is 0 Å². The number of rotatable bonds is 4. The Labute approximate surface area is 101 Å². The summed E-state index contributed by atoms with van der Waals surface area (Å²) in [6.07, 6.45) is 3.57. The van der Waals surface area contributed by atoms with Crippen LogP contribution in [0.2, 0.25) is 0 Å². The van der Waals surface area contributed by atoms with Gasteiger partial charge in [0.1, 0.15) is 5.82 Å². The molecule has 2 nitrogen and oxygen atoms in total. The van der Waals surface area contributed by atoms with Crippen molar-refractivity contribution in [2.75, 3.05) is 0 Å². The molecule has 0 bridgehead atoms. The lowest BCUT2D eigenvalue weighted by Crippen LogP contribution is -2.18. The zero-order valence-electron chi connectivity index (χ0n) is 9.73. The van der Waals surface area contributed by atoms with E-state index in [-0.39, 0.29) is 11.9 Å². The van der Waals surface area contributed by atoms with Gasteiger partial charge in [0.25, 0.3) is 0 Å².